The number of aliphatic hydroxyl groups is 1. The molecule has 118 valence electrons. The lowest BCUT2D eigenvalue weighted by Gasteiger charge is -2.33. The van der Waals surface area contributed by atoms with Crippen molar-refractivity contribution in [3.8, 4) is 0 Å². The molecule has 20 heavy (non-hydrogen) atoms. The number of rotatable bonds is 6. The van der Waals surface area contributed by atoms with Crippen LogP contribution in [0, 0.1) is 11.8 Å². The lowest BCUT2D eigenvalue weighted by atomic mass is 9.88. The summed E-state index contributed by atoms with van der Waals surface area (Å²) in [5.41, 5.74) is 5.18. The fraction of sp³-hybridized carbons (Fsp3) is 1.00. The molecule has 0 aromatic rings. The van der Waals surface area contributed by atoms with Crippen molar-refractivity contribution in [2.75, 3.05) is 46.8 Å². The monoisotopic (exact) mass is 283 g/mol. The van der Waals surface area contributed by atoms with Crippen LogP contribution in [0.1, 0.15) is 38.5 Å². The number of hydrogen-bond donors (Lipinski definition) is 2. The highest BCUT2D eigenvalue weighted by molar-refractivity contribution is 4.93. The topological polar surface area (TPSA) is 52.7 Å². The van der Waals surface area contributed by atoms with Gasteiger partial charge in [0.15, 0.2) is 0 Å². The Morgan fingerprint density at radius 2 is 2.00 bits per heavy atom. The fourth-order valence-electron chi connectivity index (χ4n) is 3.96. The van der Waals surface area contributed by atoms with Gasteiger partial charge in [0, 0.05) is 13.1 Å². The van der Waals surface area contributed by atoms with Crippen molar-refractivity contribution < 1.29 is 5.11 Å². The second kappa shape index (κ2) is 7.21. The number of piperidine rings is 1. The standard InChI is InChI=1S/C16H33N3O/c1-18-9-5-14(6-10-18)12-19(2)11-7-15-4-3-8-16(15,20)13-17/h14-15,20H,3-13,17H2,1-2H3. The first-order valence-electron chi connectivity index (χ1n) is 8.33. The van der Waals surface area contributed by atoms with E-state index in [0.29, 0.717) is 12.5 Å². The van der Waals surface area contributed by atoms with Crippen molar-refractivity contribution >= 4 is 0 Å². The second-order valence-electron chi connectivity index (χ2n) is 7.19. The van der Waals surface area contributed by atoms with Crippen molar-refractivity contribution in [2.24, 2.45) is 17.6 Å². The van der Waals surface area contributed by atoms with Crippen LogP contribution < -0.4 is 5.73 Å². The third-order valence-corrected chi connectivity index (χ3v) is 5.54. The Hall–Kier alpha value is -0.160. The zero-order valence-electron chi connectivity index (χ0n) is 13.4. The summed E-state index contributed by atoms with van der Waals surface area (Å²) in [5, 5.41) is 10.5. The Bertz CT molecular complexity index is 291. The Morgan fingerprint density at radius 1 is 1.30 bits per heavy atom. The van der Waals surface area contributed by atoms with Crippen LogP contribution in [0.15, 0.2) is 0 Å². The maximum Gasteiger partial charge on any atom is 0.0797 e. The van der Waals surface area contributed by atoms with Crippen LogP contribution in [0.25, 0.3) is 0 Å². The minimum absolute atomic E-state index is 0.410. The summed E-state index contributed by atoms with van der Waals surface area (Å²) in [5.74, 6) is 1.26. The van der Waals surface area contributed by atoms with E-state index in [9.17, 15) is 5.11 Å². The summed E-state index contributed by atoms with van der Waals surface area (Å²) in [6.07, 6.45) is 6.93. The van der Waals surface area contributed by atoms with Gasteiger partial charge in [0.2, 0.25) is 0 Å². The predicted molar refractivity (Wildman–Crippen MR) is 83.7 cm³/mol. The Kier molecular flexibility index (Phi) is 5.84. The summed E-state index contributed by atoms with van der Waals surface area (Å²) < 4.78 is 0. The summed E-state index contributed by atoms with van der Waals surface area (Å²) in [6, 6.07) is 0. The van der Waals surface area contributed by atoms with Crippen molar-refractivity contribution in [3.63, 3.8) is 0 Å². The fourth-order valence-corrected chi connectivity index (χ4v) is 3.96. The van der Waals surface area contributed by atoms with E-state index in [0.717, 1.165) is 38.1 Å². The lowest BCUT2D eigenvalue weighted by molar-refractivity contribution is 0.00472. The maximum absolute atomic E-state index is 10.5. The molecule has 0 aromatic heterocycles. The number of nitrogens with two attached hydrogens (primary N) is 1. The van der Waals surface area contributed by atoms with E-state index in [1.807, 2.05) is 0 Å². The van der Waals surface area contributed by atoms with Gasteiger partial charge in [0.25, 0.3) is 0 Å². The van der Waals surface area contributed by atoms with Gasteiger partial charge in [-0.25, -0.2) is 0 Å². The quantitative estimate of drug-likeness (QED) is 0.767. The van der Waals surface area contributed by atoms with Gasteiger partial charge in [-0.3, -0.25) is 0 Å². The molecular weight excluding hydrogens is 250 g/mol. The number of hydrogen-bond acceptors (Lipinski definition) is 4. The molecule has 1 heterocycles. The summed E-state index contributed by atoms with van der Waals surface area (Å²) in [7, 11) is 4.45. The number of likely N-dealkylation sites (tertiary alicyclic amines) is 1. The van der Waals surface area contributed by atoms with Crippen molar-refractivity contribution in [3.05, 3.63) is 0 Å². The molecule has 0 amide bonds. The molecule has 1 aliphatic carbocycles. The van der Waals surface area contributed by atoms with E-state index >= 15 is 0 Å². The average Bonchev–Trinajstić information content (AvgIpc) is 2.81. The Labute approximate surface area is 124 Å². The molecule has 2 fully saturated rings. The van der Waals surface area contributed by atoms with Crippen molar-refractivity contribution in [2.45, 2.75) is 44.1 Å². The van der Waals surface area contributed by atoms with E-state index < -0.39 is 5.60 Å². The molecule has 2 atom stereocenters. The van der Waals surface area contributed by atoms with Crippen LogP contribution in [0.4, 0.5) is 0 Å². The third kappa shape index (κ3) is 4.17. The Balaban J connectivity index is 1.68. The molecule has 0 spiro atoms. The molecule has 3 N–H and O–H groups in total. The van der Waals surface area contributed by atoms with Crippen LogP contribution in [-0.4, -0.2) is 67.3 Å². The highest BCUT2D eigenvalue weighted by Gasteiger charge is 2.39. The minimum Gasteiger partial charge on any atom is -0.388 e. The average molecular weight is 283 g/mol. The SMILES string of the molecule is CN1CCC(CN(C)CCC2CCCC2(O)CN)CC1. The van der Waals surface area contributed by atoms with Gasteiger partial charge in [-0.05, 0) is 77.7 Å². The second-order valence-corrected chi connectivity index (χ2v) is 7.19. The molecule has 2 aliphatic rings. The van der Waals surface area contributed by atoms with Gasteiger partial charge < -0.3 is 20.6 Å². The molecule has 2 rings (SSSR count). The molecule has 4 heteroatoms. The van der Waals surface area contributed by atoms with Crippen LogP contribution in [0.5, 0.6) is 0 Å². The first kappa shape index (κ1) is 16.2. The normalized spacial score (nSPS) is 33.1. The van der Waals surface area contributed by atoms with Gasteiger partial charge >= 0.3 is 0 Å². The Morgan fingerprint density at radius 3 is 2.65 bits per heavy atom. The molecule has 4 nitrogen and oxygen atoms in total. The smallest absolute Gasteiger partial charge is 0.0797 e. The van der Waals surface area contributed by atoms with Gasteiger partial charge in [-0.1, -0.05) is 6.42 Å². The number of nitrogens with zero attached hydrogens (tertiary/aromatic N) is 2. The summed E-state index contributed by atoms with van der Waals surface area (Å²) >= 11 is 0. The summed E-state index contributed by atoms with van der Waals surface area (Å²) in [6.45, 7) is 5.22. The molecule has 1 saturated carbocycles. The van der Waals surface area contributed by atoms with Crippen LogP contribution in [0.3, 0.4) is 0 Å². The maximum atomic E-state index is 10.5. The highest BCUT2D eigenvalue weighted by Crippen LogP contribution is 2.37. The van der Waals surface area contributed by atoms with Gasteiger partial charge in [-0.2, -0.15) is 0 Å². The largest absolute Gasteiger partial charge is 0.388 e. The molecule has 2 unspecified atom stereocenters. The van der Waals surface area contributed by atoms with Gasteiger partial charge in [0.1, 0.15) is 0 Å². The molecule has 1 aliphatic heterocycles. The summed E-state index contributed by atoms with van der Waals surface area (Å²) in [4.78, 5) is 4.89. The predicted octanol–water partition coefficient (Wildman–Crippen LogP) is 1.14. The zero-order valence-corrected chi connectivity index (χ0v) is 13.4. The third-order valence-electron chi connectivity index (χ3n) is 5.54. The molecule has 0 radical (unpaired) electrons. The van der Waals surface area contributed by atoms with E-state index in [1.165, 1.54) is 32.5 Å². The van der Waals surface area contributed by atoms with Gasteiger partial charge in [0.05, 0.1) is 5.60 Å². The molecule has 0 bridgehead atoms. The minimum atomic E-state index is -0.575. The van der Waals surface area contributed by atoms with Crippen molar-refractivity contribution in [1.82, 2.24) is 9.80 Å². The first-order valence-corrected chi connectivity index (χ1v) is 8.33. The molecule has 0 aromatic carbocycles. The highest BCUT2D eigenvalue weighted by atomic mass is 16.3. The van der Waals surface area contributed by atoms with Crippen LogP contribution in [0.2, 0.25) is 0 Å². The van der Waals surface area contributed by atoms with Gasteiger partial charge in [-0.15, -0.1) is 0 Å². The van der Waals surface area contributed by atoms with E-state index in [-0.39, 0.29) is 0 Å². The zero-order chi connectivity index (χ0) is 14.6. The first-order chi connectivity index (χ1) is 9.53. The van der Waals surface area contributed by atoms with Crippen LogP contribution >= 0.6 is 0 Å². The molecular formula is C16H33N3O. The molecule has 1 saturated heterocycles. The lowest BCUT2D eigenvalue weighted by Crippen LogP contribution is -2.42. The van der Waals surface area contributed by atoms with E-state index in [4.69, 9.17) is 5.73 Å². The van der Waals surface area contributed by atoms with Crippen molar-refractivity contribution in [1.29, 1.82) is 0 Å². The van der Waals surface area contributed by atoms with E-state index in [1.54, 1.807) is 0 Å². The van der Waals surface area contributed by atoms with E-state index in [2.05, 4.69) is 23.9 Å². The van der Waals surface area contributed by atoms with Crippen LogP contribution in [-0.2, 0) is 0 Å².